The van der Waals surface area contributed by atoms with Gasteiger partial charge in [0.1, 0.15) is 29.6 Å². The van der Waals surface area contributed by atoms with Gasteiger partial charge in [-0.3, -0.25) is 9.59 Å². The van der Waals surface area contributed by atoms with Crippen LogP contribution >= 0.6 is 11.6 Å². The summed E-state index contributed by atoms with van der Waals surface area (Å²) in [6, 6.07) is 17.2. The first-order valence-electron chi connectivity index (χ1n) is 10.4. The van der Waals surface area contributed by atoms with Crippen LogP contribution in [-0.4, -0.2) is 39.4 Å². The SMILES string of the molecule is COc1ccc(NC(=O)C(=O)NN=Cc2ccc(OC)c(COc3ccccc3Cl)c2)c(OC)c1. The van der Waals surface area contributed by atoms with E-state index in [1.807, 2.05) is 12.1 Å². The second kappa shape index (κ2) is 12.3. The molecule has 0 saturated heterocycles. The molecule has 0 aromatic heterocycles. The molecule has 2 N–H and O–H groups in total. The highest BCUT2D eigenvalue weighted by atomic mass is 35.5. The third-order valence-electron chi connectivity index (χ3n) is 4.77. The fraction of sp³-hybridized carbons (Fsp3) is 0.160. The molecule has 0 spiro atoms. The van der Waals surface area contributed by atoms with Crippen LogP contribution in [0.2, 0.25) is 5.02 Å². The molecular weight excluding hydrogens is 474 g/mol. The van der Waals surface area contributed by atoms with E-state index in [1.165, 1.54) is 20.4 Å². The number of nitrogens with zero attached hydrogens (tertiary/aromatic N) is 1. The number of hydrogen-bond donors (Lipinski definition) is 2. The Morgan fingerprint density at radius 1 is 0.886 bits per heavy atom. The zero-order valence-electron chi connectivity index (χ0n) is 19.3. The summed E-state index contributed by atoms with van der Waals surface area (Å²) in [6.45, 7) is 0.201. The summed E-state index contributed by atoms with van der Waals surface area (Å²) in [7, 11) is 4.51. The molecule has 0 fully saturated rings. The zero-order valence-corrected chi connectivity index (χ0v) is 20.1. The van der Waals surface area contributed by atoms with Gasteiger partial charge < -0.3 is 24.3 Å². The summed E-state index contributed by atoms with van der Waals surface area (Å²) in [5.74, 6) is 0.195. The summed E-state index contributed by atoms with van der Waals surface area (Å²) in [4.78, 5) is 24.4. The summed E-state index contributed by atoms with van der Waals surface area (Å²) >= 11 is 6.14. The Morgan fingerprint density at radius 2 is 1.66 bits per heavy atom. The summed E-state index contributed by atoms with van der Waals surface area (Å²) in [5, 5.41) is 6.83. The highest BCUT2D eigenvalue weighted by Gasteiger charge is 2.16. The molecule has 0 saturated carbocycles. The maximum Gasteiger partial charge on any atom is 0.329 e. The topological polar surface area (TPSA) is 107 Å². The number of para-hydroxylation sites is 1. The number of hydrazone groups is 1. The third kappa shape index (κ3) is 6.87. The highest BCUT2D eigenvalue weighted by molar-refractivity contribution is 6.39. The molecule has 10 heteroatoms. The minimum absolute atomic E-state index is 0.201. The molecule has 3 aromatic rings. The number of nitrogens with one attached hydrogen (secondary N) is 2. The monoisotopic (exact) mass is 497 g/mol. The Labute approximate surface area is 207 Å². The lowest BCUT2D eigenvalue weighted by Crippen LogP contribution is -2.32. The quantitative estimate of drug-likeness (QED) is 0.262. The van der Waals surface area contributed by atoms with Gasteiger partial charge in [-0.2, -0.15) is 5.10 Å². The molecule has 35 heavy (non-hydrogen) atoms. The van der Waals surface area contributed by atoms with Crippen molar-refractivity contribution in [2.75, 3.05) is 26.6 Å². The average molecular weight is 498 g/mol. The number of carbonyl (C=O) groups excluding carboxylic acids is 2. The number of benzene rings is 3. The molecule has 0 aliphatic heterocycles. The van der Waals surface area contributed by atoms with E-state index in [0.717, 1.165) is 5.56 Å². The van der Waals surface area contributed by atoms with Crippen LogP contribution in [0.25, 0.3) is 0 Å². The van der Waals surface area contributed by atoms with Crippen LogP contribution in [0.5, 0.6) is 23.0 Å². The number of hydrogen-bond acceptors (Lipinski definition) is 7. The van der Waals surface area contributed by atoms with Crippen LogP contribution in [-0.2, 0) is 16.2 Å². The smallest absolute Gasteiger partial charge is 0.329 e. The van der Waals surface area contributed by atoms with Crippen molar-refractivity contribution in [1.29, 1.82) is 0 Å². The number of ether oxygens (including phenoxy) is 4. The first-order valence-corrected chi connectivity index (χ1v) is 10.7. The molecule has 0 unspecified atom stereocenters. The fourth-order valence-electron chi connectivity index (χ4n) is 3.01. The van der Waals surface area contributed by atoms with Gasteiger partial charge in [-0.05, 0) is 48.0 Å². The lowest BCUT2D eigenvalue weighted by atomic mass is 10.1. The van der Waals surface area contributed by atoms with E-state index in [9.17, 15) is 9.59 Å². The number of methoxy groups -OCH3 is 3. The van der Waals surface area contributed by atoms with Crippen molar-refractivity contribution >= 4 is 35.3 Å². The van der Waals surface area contributed by atoms with Crippen LogP contribution in [0.1, 0.15) is 11.1 Å². The molecule has 2 amide bonds. The van der Waals surface area contributed by atoms with Crippen molar-refractivity contribution in [3.63, 3.8) is 0 Å². The van der Waals surface area contributed by atoms with Crippen LogP contribution in [0, 0.1) is 0 Å². The summed E-state index contributed by atoms with van der Waals surface area (Å²) in [6.07, 6.45) is 1.40. The van der Waals surface area contributed by atoms with Gasteiger partial charge in [0, 0.05) is 11.6 Å². The van der Waals surface area contributed by atoms with Gasteiger partial charge in [-0.25, -0.2) is 5.43 Å². The second-order valence-electron chi connectivity index (χ2n) is 7.01. The van der Waals surface area contributed by atoms with Gasteiger partial charge in [0.25, 0.3) is 0 Å². The first-order chi connectivity index (χ1) is 16.9. The van der Waals surface area contributed by atoms with Crippen LogP contribution in [0.15, 0.2) is 65.8 Å². The van der Waals surface area contributed by atoms with Crippen LogP contribution in [0.4, 0.5) is 5.69 Å². The van der Waals surface area contributed by atoms with E-state index in [4.69, 9.17) is 30.5 Å². The van der Waals surface area contributed by atoms with Crippen LogP contribution < -0.4 is 29.7 Å². The lowest BCUT2D eigenvalue weighted by Gasteiger charge is -2.12. The Bertz CT molecular complexity index is 1230. The largest absolute Gasteiger partial charge is 0.497 e. The van der Waals surface area contributed by atoms with Gasteiger partial charge in [-0.1, -0.05) is 23.7 Å². The Morgan fingerprint density at radius 3 is 2.37 bits per heavy atom. The minimum Gasteiger partial charge on any atom is -0.497 e. The standard InChI is InChI=1S/C25H24ClN3O6/c1-32-18-9-10-20(23(13-18)34-3)28-24(30)25(31)29-27-14-16-8-11-21(33-2)17(12-16)15-35-22-7-5-4-6-19(22)26/h4-14H,15H2,1-3H3,(H,28,30)(H,29,31). The number of amides is 2. The lowest BCUT2D eigenvalue weighted by molar-refractivity contribution is -0.136. The number of halogens is 1. The predicted octanol–water partition coefficient (Wildman–Crippen LogP) is 4.03. The summed E-state index contributed by atoms with van der Waals surface area (Å²) in [5.41, 5.74) is 3.91. The Balaban J connectivity index is 1.62. The Kier molecular flexibility index (Phi) is 8.91. The van der Waals surface area contributed by atoms with Gasteiger partial charge >= 0.3 is 11.8 Å². The van der Waals surface area contributed by atoms with E-state index in [1.54, 1.807) is 55.6 Å². The number of carbonyl (C=O) groups is 2. The maximum atomic E-state index is 12.2. The Hall–Kier alpha value is -4.24. The van der Waals surface area contributed by atoms with E-state index >= 15 is 0 Å². The van der Waals surface area contributed by atoms with E-state index in [0.29, 0.717) is 39.3 Å². The first kappa shape index (κ1) is 25.4. The van der Waals surface area contributed by atoms with Gasteiger partial charge in [0.2, 0.25) is 0 Å². The van der Waals surface area contributed by atoms with Crippen molar-refractivity contribution in [2.45, 2.75) is 6.61 Å². The normalized spacial score (nSPS) is 10.5. The van der Waals surface area contributed by atoms with Crippen molar-refractivity contribution in [3.05, 3.63) is 76.8 Å². The van der Waals surface area contributed by atoms with Gasteiger partial charge in [0.05, 0.1) is 38.3 Å². The van der Waals surface area contributed by atoms with Crippen molar-refractivity contribution in [3.8, 4) is 23.0 Å². The number of rotatable bonds is 9. The molecule has 0 bridgehead atoms. The average Bonchev–Trinajstić information content (AvgIpc) is 2.88. The molecule has 182 valence electrons. The molecule has 3 rings (SSSR count). The van der Waals surface area contributed by atoms with Crippen molar-refractivity contribution < 1.29 is 28.5 Å². The fourth-order valence-corrected chi connectivity index (χ4v) is 3.20. The molecule has 0 radical (unpaired) electrons. The maximum absolute atomic E-state index is 12.2. The van der Waals surface area contributed by atoms with E-state index in [2.05, 4.69) is 15.8 Å². The van der Waals surface area contributed by atoms with Crippen molar-refractivity contribution in [2.24, 2.45) is 5.10 Å². The molecule has 0 aliphatic rings. The molecule has 0 heterocycles. The second-order valence-corrected chi connectivity index (χ2v) is 7.42. The van der Waals surface area contributed by atoms with Gasteiger partial charge in [0.15, 0.2) is 0 Å². The van der Waals surface area contributed by atoms with E-state index in [-0.39, 0.29) is 6.61 Å². The molecule has 9 nitrogen and oxygen atoms in total. The third-order valence-corrected chi connectivity index (χ3v) is 5.08. The predicted molar refractivity (Wildman–Crippen MR) is 133 cm³/mol. The minimum atomic E-state index is -0.949. The zero-order chi connectivity index (χ0) is 25.2. The summed E-state index contributed by atoms with van der Waals surface area (Å²) < 4.78 is 21.5. The van der Waals surface area contributed by atoms with Crippen molar-refractivity contribution in [1.82, 2.24) is 5.43 Å². The number of anilines is 1. The highest BCUT2D eigenvalue weighted by Crippen LogP contribution is 2.29. The molecule has 0 atom stereocenters. The molecule has 3 aromatic carbocycles. The van der Waals surface area contributed by atoms with Crippen LogP contribution in [0.3, 0.4) is 0 Å². The molecule has 0 aliphatic carbocycles. The molecular formula is C25H24ClN3O6. The van der Waals surface area contributed by atoms with E-state index < -0.39 is 11.8 Å². The van der Waals surface area contributed by atoms with Gasteiger partial charge in [-0.15, -0.1) is 0 Å².